The SMILES string of the molecule is CCC(C)(C)C(=O)OCC(O)COC(=O)CCCSCC(C)C(N)=O. The van der Waals surface area contributed by atoms with Crippen LogP contribution in [0.2, 0.25) is 0 Å². The first kappa shape index (κ1) is 23.7. The summed E-state index contributed by atoms with van der Waals surface area (Å²) in [6.45, 7) is 6.78. The first-order valence-corrected chi connectivity index (χ1v) is 9.63. The Morgan fingerprint density at radius 2 is 1.80 bits per heavy atom. The van der Waals surface area contributed by atoms with Crippen LogP contribution in [0.15, 0.2) is 0 Å². The van der Waals surface area contributed by atoms with E-state index in [-0.39, 0.29) is 37.4 Å². The zero-order valence-corrected chi connectivity index (χ0v) is 16.4. The first-order chi connectivity index (χ1) is 11.6. The predicted molar refractivity (Wildman–Crippen MR) is 96.9 cm³/mol. The van der Waals surface area contributed by atoms with Crippen LogP contribution >= 0.6 is 11.8 Å². The van der Waals surface area contributed by atoms with Crippen molar-refractivity contribution in [2.75, 3.05) is 24.7 Å². The minimum Gasteiger partial charge on any atom is -0.463 e. The van der Waals surface area contributed by atoms with E-state index in [9.17, 15) is 19.5 Å². The van der Waals surface area contributed by atoms with Crippen molar-refractivity contribution in [2.24, 2.45) is 17.1 Å². The first-order valence-electron chi connectivity index (χ1n) is 8.48. The number of carbonyl (C=O) groups is 3. The number of nitrogens with two attached hydrogens (primary N) is 1. The number of amides is 1. The minimum absolute atomic E-state index is 0.188. The Balaban J connectivity index is 3.77. The molecular weight excluding hydrogens is 346 g/mol. The van der Waals surface area contributed by atoms with Crippen molar-refractivity contribution in [2.45, 2.75) is 53.1 Å². The highest BCUT2D eigenvalue weighted by molar-refractivity contribution is 7.99. The van der Waals surface area contributed by atoms with E-state index >= 15 is 0 Å². The van der Waals surface area contributed by atoms with Crippen molar-refractivity contribution in [1.82, 2.24) is 0 Å². The smallest absolute Gasteiger partial charge is 0.311 e. The van der Waals surface area contributed by atoms with Gasteiger partial charge >= 0.3 is 11.9 Å². The van der Waals surface area contributed by atoms with E-state index in [0.29, 0.717) is 18.6 Å². The van der Waals surface area contributed by atoms with Gasteiger partial charge in [0.1, 0.15) is 19.3 Å². The number of hydrogen-bond acceptors (Lipinski definition) is 7. The molecule has 25 heavy (non-hydrogen) atoms. The Bertz CT molecular complexity index is 441. The van der Waals surface area contributed by atoms with Gasteiger partial charge in [0.25, 0.3) is 0 Å². The molecule has 0 radical (unpaired) electrons. The Labute approximate surface area is 154 Å². The van der Waals surface area contributed by atoms with Crippen molar-refractivity contribution in [3.05, 3.63) is 0 Å². The molecule has 0 aromatic rings. The third-order valence-corrected chi connectivity index (χ3v) is 5.12. The molecule has 0 rings (SSSR count). The minimum atomic E-state index is -1.04. The Hall–Kier alpha value is -1.28. The molecule has 0 fully saturated rings. The Kier molecular flexibility index (Phi) is 11.5. The molecular formula is C17H31NO6S. The van der Waals surface area contributed by atoms with Crippen LogP contribution in [0.5, 0.6) is 0 Å². The highest BCUT2D eigenvalue weighted by atomic mass is 32.2. The van der Waals surface area contributed by atoms with Crippen molar-refractivity contribution in [3.8, 4) is 0 Å². The van der Waals surface area contributed by atoms with Crippen LogP contribution in [0, 0.1) is 11.3 Å². The molecule has 0 aromatic carbocycles. The summed E-state index contributed by atoms with van der Waals surface area (Å²) < 4.78 is 9.98. The molecule has 146 valence electrons. The van der Waals surface area contributed by atoms with Crippen LogP contribution in [0.4, 0.5) is 0 Å². The van der Waals surface area contributed by atoms with Gasteiger partial charge in [0, 0.05) is 18.1 Å². The second-order valence-corrected chi connectivity index (χ2v) is 7.80. The third kappa shape index (κ3) is 11.0. The number of primary amides is 1. The van der Waals surface area contributed by atoms with Crippen molar-refractivity contribution >= 4 is 29.6 Å². The summed E-state index contributed by atoms with van der Waals surface area (Å²) in [7, 11) is 0. The lowest BCUT2D eigenvalue weighted by atomic mass is 9.91. The van der Waals surface area contributed by atoms with Crippen molar-refractivity contribution in [1.29, 1.82) is 0 Å². The van der Waals surface area contributed by atoms with Gasteiger partial charge in [0.15, 0.2) is 0 Å². The fourth-order valence-electron chi connectivity index (χ4n) is 1.48. The van der Waals surface area contributed by atoms with Crippen LogP contribution in [-0.4, -0.2) is 53.8 Å². The second-order valence-electron chi connectivity index (χ2n) is 6.65. The van der Waals surface area contributed by atoms with E-state index in [1.54, 1.807) is 32.5 Å². The number of ether oxygens (including phenoxy) is 2. The fraction of sp³-hybridized carbons (Fsp3) is 0.824. The molecule has 0 heterocycles. The average Bonchev–Trinajstić information content (AvgIpc) is 2.56. The maximum absolute atomic E-state index is 11.8. The van der Waals surface area contributed by atoms with E-state index in [1.807, 2.05) is 6.92 Å². The van der Waals surface area contributed by atoms with Gasteiger partial charge < -0.3 is 20.3 Å². The molecule has 0 bridgehead atoms. The monoisotopic (exact) mass is 377 g/mol. The number of thioether (sulfide) groups is 1. The normalized spacial score (nSPS) is 13.8. The van der Waals surface area contributed by atoms with Crippen molar-refractivity contribution < 1.29 is 29.0 Å². The number of aliphatic hydroxyl groups is 1. The third-order valence-electron chi connectivity index (χ3n) is 3.80. The Morgan fingerprint density at radius 1 is 1.20 bits per heavy atom. The lowest BCUT2D eigenvalue weighted by Crippen LogP contribution is -2.31. The topological polar surface area (TPSA) is 116 Å². The van der Waals surface area contributed by atoms with Crippen LogP contribution in [0.3, 0.4) is 0 Å². The van der Waals surface area contributed by atoms with Gasteiger partial charge in [-0.05, 0) is 32.4 Å². The highest BCUT2D eigenvalue weighted by Gasteiger charge is 2.27. The van der Waals surface area contributed by atoms with Gasteiger partial charge in [-0.25, -0.2) is 0 Å². The van der Waals surface area contributed by atoms with Gasteiger partial charge in [-0.15, -0.1) is 0 Å². The molecule has 1 amide bonds. The van der Waals surface area contributed by atoms with E-state index in [0.717, 1.165) is 5.75 Å². The standard InChI is InChI=1S/C17H31NO6S/c1-5-17(3,4)16(22)24-10-13(19)9-23-14(20)7-6-8-25-11-12(2)15(18)21/h12-13,19H,5-11H2,1-4H3,(H2,18,21). The molecule has 0 aromatic heterocycles. The van der Waals surface area contributed by atoms with E-state index < -0.39 is 17.5 Å². The average molecular weight is 378 g/mol. The number of aliphatic hydroxyl groups excluding tert-OH is 1. The van der Waals surface area contributed by atoms with Gasteiger partial charge in [0.05, 0.1) is 5.41 Å². The zero-order valence-electron chi connectivity index (χ0n) is 15.6. The summed E-state index contributed by atoms with van der Waals surface area (Å²) in [4.78, 5) is 34.2. The number of carbonyl (C=O) groups excluding carboxylic acids is 3. The van der Waals surface area contributed by atoms with Crippen LogP contribution in [0.1, 0.15) is 47.0 Å². The molecule has 0 spiro atoms. The zero-order chi connectivity index (χ0) is 19.5. The van der Waals surface area contributed by atoms with Crippen LogP contribution < -0.4 is 5.73 Å². The number of hydrogen-bond donors (Lipinski definition) is 2. The molecule has 7 nitrogen and oxygen atoms in total. The number of rotatable bonds is 13. The lowest BCUT2D eigenvalue weighted by Gasteiger charge is -2.21. The summed E-state index contributed by atoms with van der Waals surface area (Å²) >= 11 is 1.56. The highest BCUT2D eigenvalue weighted by Crippen LogP contribution is 2.21. The van der Waals surface area contributed by atoms with Crippen molar-refractivity contribution in [3.63, 3.8) is 0 Å². The van der Waals surface area contributed by atoms with E-state index in [2.05, 4.69) is 0 Å². The lowest BCUT2D eigenvalue weighted by molar-refractivity contribution is -0.159. The Morgan fingerprint density at radius 3 is 2.36 bits per heavy atom. The van der Waals surface area contributed by atoms with Gasteiger partial charge in [-0.1, -0.05) is 13.8 Å². The molecule has 2 unspecified atom stereocenters. The molecule has 0 aliphatic carbocycles. The van der Waals surface area contributed by atoms with Gasteiger partial charge in [-0.2, -0.15) is 11.8 Å². The van der Waals surface area contributed by atoms with E-state index in [1.165, 1.54) is 0 Å². The van der Waals surface area contributed by atoms with Gasteiger partial charge in [-0.3, -0.25) is 14.4 Å². The second kappa shape index (κ2) is 12.1. The maximum atomic E-state index is 11.8. The molecule has 0 saturated heterocycles. The predicted octanol–water partition coefficient (Wildman–Crippen LogP) is 1.50. The molecule has 0 saturated carbocycles. The molecule has 0 aliphatic rings. The quantitative estimate of drug-likeness (QED) is 0.369. The summed E-state index contributed by atoms with van der Waals surface area (Å²) in [5.74, 6) is 0.0310. The summed E-state index contributed by atoms with van der Waals surface area (Å²) in [6, 6.07) is 0. The molecule has 2 atom stereocenters. The summed E-state index contributed by atoms with van der Waals surface area (Å²) in [5.41, 5.74) is 4.56. The molecule has 0 aliphatic heterocycles. The van der Waals surface area contributed by atoms with Crippen LogP contribution in [-0.2, 0) is 23.9 Å². The summed E-state index contributed by atoms with van der Waals surface area (Å²) in [6.07, 6.45) is 0.442. The molecule has 8 heteroatoms. The summed E-state index contributed by atoms with van der Waals surface area (Å²) in [5, 5.41) is 9.71. The molecule has 3 N–H and O–H groups in total. The number of esters is 2. The largest absolute Gasteiger partial charge is 0.463 e. The van der Waals surface area contributed by atoms with Gasteiger partial charge in [0.2, 0.25) is 5.91 Å². The fourth-order valence-corrected chi connectivity index (χ4v) is 2.51. The van der Waals surface area contributed by atoms with Crippen LogP contribution in [0.25, 0.3) is 0 Å². The maximum Gasteiger partial charge on any atom is 0.311 e. The van der Waals surface area contributed by atoms with E-state index in [4.69, 9.17) is 15.2 Å².